The summed E-state index contributed by atoms with van der Waals surface area (Å²) >= 11 is 0. The number of ether oxygens (including phenoxy) is 1. The van der Waals surface area contributed by atoms with E-state index in [-0.39, 0.29) is 19.7 Å². The molecule has 1 rings (SSSR count). The molecule has 88 valence electrons. The molecule has 0 saturated carbocycles. The molecule has 1 amide bonds. The Kier molecular flexibility index (Phi) is 5.31. The Morgan fingerprint density at radius 3 is 2.75 bits per heavy atom. The Morgan fingerprint density at radius 1 is 1.44 bits per heavy atom. The van der Waals surface area contributed by atoms with Gasteiger partial charge in [0, 0.05) is 6.54 Å². The molecule has 0 spiro atoms. The number of benzene rings is 1. The number of amides is 1. The van der Waals surface area contributed by atoms with Crippen LogP contribution < -0.4 is 15.8 Å². The lowest BCUT2D eigenvalue weighted by molar-refractivity contribution is -0.117. The van der Waals surface area contributed by atoms with Gasteiger partial charge in [0.05, 0.1) is 6.54 Å². The Labute approximate surface area is 94.2 Å². The summed E-state index contributed by atoms with van der Waals surface area (Å²) in [5.41, 5.74) is 4.93. The third-order valence-electron chi connectivity index (χ3n) is 1.86. The van der Waals surface area contributed by atoms with Gasteiger partial charge in [0.2, 0.25) is 5.91 Å². The first-order valence-corrected chi connectivity index (χ1v) is 5.03. The van der Waals surface area contributed by atoms with Crippen LogP contribution in [0.5, 0.6) is 5.75 Å². The van der Waals surface area contributed by atoms with Gasteiger partial charge in [0.15, 0.2) is 0 Å². The summed E-state index contributed by atoms with van der Waals surface area (Å²) in [6.07, 6.45) is -0.667. The second-order valence-electron chi connectivity index (χ2n) is 3.38. The van der Waals surface area contributed by atoms with Gasteiger partial charge >= 0.3 is 0 Å². The Balaban J connectivity index is 2.15. The zero-order valence-electron chi connectivity index (χ0n) is 8.93. The number of aliphatic hydroxyl groups is 1. The molecule has 0 fully saturated rings. The molecule has 0 aromatic heterocycles. The maximum Gasteiger partial charge on any atom is 0.231 e. The normalized spacial score (nSPS) is 12.1. The smallest absolute Gasteiger partial charge is 0.231 e. The highest BCUT2D eigenvalue weighted by molar-refractivity contribution is 5.75. The largest absolute Gasteiger partial charge is 0.491 e. The monoisotopic (exact) mass is 224 g/mol. The number of para-hydroxylation sites is 1. The molecule has 0 aliphatic carbocycles. The van der Waals surface area contributed by atoms with Crippen molar-refractivity contribution in [1.29, 1.82) is 0 Å². The van der Waals surface area contributed by atoms with E-state index in [0.29, 0.717) is 5.75 Å². The Morgan fingerprint density at radius 2 is 2.12 bits per heavy atom. The van der Waals surface area contributed by atoms with Crippen LogP contribution in [-0.2, 0) is 4.79 Å². The van der Waals surface area contributed by atoms with E-state index in [1.165, 1.54) is 0 Å². The summed E-state index contributed by atoms with van der Waals surface area (Å²) in [4.78, 5) is 10.4. The molecule has 0 heterocycles. The van der Waals surface area contributed by atoms with E-state index in [1.54, 1.807) is 0 Å². The SMILES string of the molecule is NC(=O)CNCC(O)COc1ccccc1. The number of carbonyl (C=O) groups is 1. The lowest BCUT2D eigenvalue weighted by Gasteiger charge is -2.12. The molecule has 1 aromatic carbocycles. The number of primary amides is 1. The molecule has 0 saturated heterocycles. The van der Waals surface area contributed by atoms with Gasteiger partial charge in [-0.1, -0.05) is 18.2 Å². The summed E-state index contributed by atoms with van der Waals surface area (Å²) in [6.45, 7) is 0.508. The van der Waals surface area contributed by atoms with E-state index < -0.39 is 12.0 Å². The molecular formula is C11H16N2O3. The number of nitrogens with one attached hydrogen (secondary N) is 1. The van der Waals surface area contributed by atoms with E-state index >= 15 is 0 Å². The van der Waals surface area contributed by atoms with Crippen LogP contribution in [0.3, 0.4) is 0 Å². The maximum atomic E-state index is 10.4. The van der Waals surface area contributed by atoms with Crippen LogP contribution in [0.25, 0.3) is 0 Å². The van der Waals surface area contributed by atoms with Crippen molar-refractivity contribution < 1.29 is 14.6 Å². The summed E-state index contributed by atoms with van der Waals surface area (Å²) in [5.74, 6) is 0.257. The van der Waals surface area contributed by atoms with Gasteiger partial charge in [-0.2, -0.15) is 0 Å². The average Bonchev–Trinajstić information content (AvgIpc) is 2.27. The molecule has 0 radical (unpaired) electrons. The van der Waals surface area contributed by atoms with Gasteiger partial charge in [0.1, 0.15) is 18.5 Å². The van der Waals surface area contributed by atoms with Crippen molar-refractivity contribution in [1.82, 2.24) is 5.32 Å². The van der Waals surface area contributed by atoms with Crippen LogP contribution in [0.2, 0.25) is 0 Å². The Bertz CT molecular complexity index is 316. The lowest BCUT2D eigenvalue weighted by atomic mass is 10.3. The van der Waals surface area contributed by atoms with E-state index in [2.05, 4.69) is 5.32 Å². The quantitative estimate of drug-likeness (QED) is 0.583. The number of nitrogens with two attached hydrogens (primary N) is 1. The zero-order valence-corrected chi connectivity index (χ0v) is 8.93. The number of hydrogen-bond donors (Lipinski definition) is 3. The second kappa shape index (κ2) is 6.81. The van der Waals surface area contributed by atoms with Crippen molar-refractivity contribution in [2.75, 3.05) is 19.7 Å². The van der Waals surface area contributed by atoms with Crippen molar-refractivity contribution in [2.24, 2.45) is 5.73 Å². The van der Waals surface area contributed by atoms with Crippen molar-refractivity contribution in [3.63, 3.8) is 0 Å². The minimum absolute atomic E-state index is 0.0579. The molecule has 1 unspecified atom stereocenters. The molecule has 5 nitrogen and oxygen atoms in total. The number of aliphatic hydroxyl groups excluding tert-OH is 1. The fourth-order valence-electron chi connectivity index (χ4n) is 1.13. The van der Waals surface area contributed by atoms with Gasteiger partial charge in [0.25, 0.3) is 0 Å². The van der Waals surface area contributed by atoms with Crippen molar-refractivity contribution in [3.05, 3.63) is 30.3 Å². The second-order valence-corrected chi connectivity index (χ2v) is 3.38. The highest BCUT2D eigenvalue weighted by Gasteiger charge is 2.05. The van der Waals surface area contributed by atoms with Gasteiger partial charge in [-0.05, 0) is 12.1 Å². The standard InChI is InChI=1S/C11H16N2O3/c12-11(15)7-13-6-9(14)8-16-10-4-2-1-3-5-10/h1-5,9,13-14H,6-8H2,(H2,12,15). The molecule has 0 aliphatic rings. The highest BCUT2D eigenvalue weighted by Crippen LogP contribution is 2.08. The van der Waals surface area contributed by atoms with Crippen LogP contribution in [0, 0.1) is 0 Å². The molecular weight excluding hydrogens is 208 g/mol. The molecule has 1 aromatic rings. The van der Waals surface area contributed by atoms with E-state index in [0.717, 1.165) is 0 Å². The van der Waals surface area contributed by atoms with Crippen molar-refractivity contribution in [2.45, 2.75) is 6.10 Å². The molecule has 0 bridgehead atoms. The van der Waals surface area contributed by atoms with E-state index in [1.807, 2.05) is 30.3 Å². The van der Waals surface area contributed by atoms with Gasteiger partial charge in [-0.25, -0.2) is 0 Å². The first kappa shape index (κ1) is 12.5. The Hall–Kier alpha value is -1.59. The fraction of sp³-hybridized carbons (Fsp3) is 0.364. The maximum absolute atomic E-state index is 10.4. The molecule has 16 heavy (non-hydrogen) atoms. The summed E-state index contributed by atoms with van der Waals surface area (Å²) in [7, 11) is 0. The zero-order chi connectivity index (χ0) is 11.8. The highest BCUT2D eigenvalue weighted by atomic mass is 16.5. The van der Waals surface area contributed by atoms with Gasteiger partial charge in [-0.3, -0.25) is 4.79 Å². The van der Waals surface area contributed by atoms with Crippen LogP contribution >= 0.6 is 0 Å². The van der Waals surface area contributed by atoms with E-state index in [4.69, 9.17) is 10.5 Å². The molecule has 4 N–H and O–H groups in total. The third kappa shape index (κ3) is 5.33. The average molecular weight is 224 g/mol. The fourth-order valence-corrected chi connectivity index (χ4v) is 1.13. The summed E-state index contributed by atoms with van der Waals surface area (Å²) in [5, 5.41) is 12.2. The first-order valence-electron chi connectivity index (χ1n) is 5.03. The topological polar surface area (TPSA) is 84.6 Å². The number of hydrogen-bond acceptors (Lipinski definition) is 4. The molecule has 0 aliphatic heterocycles. The lowest BCUT2D eigenvalue weighted by Crippen LogP contribution is -2.36. The van der Waals surface area contributed by atoms with E-state index in [9.17, 15) is 9.90 Å². The third-order valence-corrected chi connectivity index (χ3v) is 1.86. The minimum atomic E-state index is -0.667. The minimum Gasteiger partial charge on any atom is -0.491 e. The first-order chi connectivity index (χ1) is 7.68. The van der Waals surface area contributed by atoms with Crippen LogP contribution in [0.1, 0.15) is 0 Å². The van der Waals surface area contributed by atoms with Gasteiger partial charge < -0.3 is 20.9 Å². The predicted molar refractivity (Wildman–Crippen MR) is 60.0 cm³/mol. The number of rotatable bonds is 7. The summed E-state index contributed by atoms with van der Waals surface area (Å²) < 4.78 is 5.32. The summed E-state index contributed by atoms with van der Waals surface area (Å²) in [6, 6.07) is 9.21. The molecule has 5 heteroatoms. The van der Waals surface area contributed by atoms with Gasteiger partial charge in [-0.15, -0.1) is 0 Å². The van der Waals surface area contributed by atoms with Crippen molar-refractivity contribution >= 4 is 5.91 Å². The molecule has 1 atom stereocenters. The number of carbonyl (C=O) groups excluding carboxylic acids is 1. The van der Waals surface area contributed by atoms with Crippen LogP contribution in [-0.4, -0.2) is 36.8 Å². The predicted octanol–water partition coefficient (Wildman–Crippen LogP) is -0.499. The van der Waals surface area contributed by atoms with Crippen LogP contribution in [0.4, 0.5) is 0 Å². The van der Waals surface area contributed by atoms with Crippen LogP contribution in [0.15, 0.2) is 30.3 Å². The van der Waals surface area contributed by atoms with Crippen molar-refractivity contribution in [3.8, 4) is 5.75 Å².